The average molecular weight is 277 g/mol. The van der Waals surface area contributed by atoms with E-state index in [9.17, 15) is 0 Å². The largest absolute Gasteiger partial charge is 0.338 e. The van der Waals surface area contributed by atoms with Gasteiger partial charge >= 0.3 is 0 Å². The number of nitrogens with one attached hydrogen (secondary N) is 2. The van der Waals surface area contributed by atoms with Crippen LogP contribution in [0, 0.1) is 0 Å². The maximum absolute atomic E-state index is 4.64. The van der Waals surface area contributed by atoms with Gasteiger partial charge in [-0.25, -0.2) is 0 Å². The molecule has 0 bridgehead atoms. The van der Waals surface area contributed by atoms with Crippen molar-refractivity contribution < 1.29 is 0 Å². The summed E-state index contributed by atoms with van der Waals surface area (Å²) in [4.78, 5) is 9.43. The summed E-state index contributed by atoms with van der Waals surface area (Å²) in [5.74, 6) is 1.71. The summed E-state index contributed by atoms with van der Waals surface area (Å²) in [6.45, 7) is 6.25. The topological polar surface area (TPSA) is 56.8 Å². The van der Waals surface area contributed by atoms with Gasteiger partial charge in [-0.15, -0.1) is 16.4 Å². The lowest BCUT2D eigenvalue weighted by Gasteiger charge is -2.16. The fraction of sp³-hybridized carbons (Fsp3) is 0.538. The van der Waals surface area contributed by atoms with Gasteiger partial charge in [-0.3, -0.25) is 5.10 Å². The standard InChI is InChI=1S/C13H19N5S/c1-2-10-4-5-11(19-10)12-15-13(17-16-12)18-8-3-6-14-7-9-18/h4-5,14H,2-3,6-9H2,1H3,(H,15,16,17). The molecule has 0 radical (unpaired) electrons. The van der Waals surface area contributed by atoms with E-state index in [1.165, 1.54) is 9.75 Å². The second kappa shape index (κ2) is 5.71. The van der Waals surface area contributed by atoms with Crippen molar-refractivity contribution in [1.82, 2.24) is 20.5 Å². The number of hydrogen-bond donors (Lipinski definition) is 2. The molecule has 2 aromatic rings. The zero-order valence-electron chi connectivity index (χ0n) is 11.1. The maximum atomic E-state index is 4.64. The Morgan fingerprint density at radius 3 is 3.11 bits per heavy atom. The van der Waals surface area contributed by atoms with Gasteiger partial charge in [-0.05, 0) is 31.5 Å². The van der Waals surface area contributed by atoms with Gasteiger partial charge in [0.05, 0.1) is 4.88 Å². The summed E-state index contributed by atoms with van der Waals surface area (Å²) in [7, 11) is 0. The van der Waals surface area contributed by atoms with E-state index in [0.29, 0.717) is 0 Å². The third-order valence-corrected chi connectivity index (χ3v) is 4.58. The van der Waals surface area contributed by atoms with Crippen molar-refractivity contribution >= 4 is 17.3 Å². The fourth-order valence-electron chi connectivity index (χ4n) is 2.25. The Balaban J connectivity index is 1.78. The highest BCUT2D eigenvalue weighted by Crippen LogP contribution is 2.26. The second-order valence-electron chi connectivity index (χ2n) is 4.69. The summed E-state index contributed by atoms with van der Waals surface area (Å²) < 4.78 is 0. The normalized spacial score (nSPS) is 16.6. The number of aromatic nitrogens is 3. The number of thiophene rings is 1. The van der Waals surface area contributed by atoms with Crippen LogP contribution in [0.25, 0.3) is 10.7 Å². The number of H-pyrrole nitrogens is 1. The van der Waals surface area contributed by atoms with Crippen molar-refractivity contribution in [3.05, 3.63) is 17.0 Å². The molecule has 3 heterocycles. The van der Waals surface area contributed by atoms with Crippen LogP contribution in [0.3, 0.4) is 0 Å². The molecule has 2 aromatic heterocycles. The molecule has 19 heavy (non-hydrogen) atoms. The molecule has 6 heteroatoms. The predicted octanol–water partition coefficient (Wildman–Crippen LogP) is 1.90. The number of nitrogens with zero attached hydrogens (tertiary/aromatic N) is 3. The van der Waals surface area contributed by atoms with Crippen LogP contribution in [-0.4, -0.2) is 41.4 Å². The molecule has 0 spiro atoms. The van der Waals surface area contributed by atoms with E-state index in [1.807, 2.05) is 0 Å². The van der Waals surface area contributed by atoms with Crippen LogP contribution in [0.2, 0.25) is 0 Å². The molecule has 2 N–H and O–H groups in total. The average Bonchev–Trinajstić information content (AvgIpc) is 3.02. The van der Waals surface area contributed by atoms with E-state index >= 15 is 0 Å². The molecule has 3 rings (SSSR count). The van der Waals surface area contributed by atoms with E-state index in [-0.39, 0.29) is 0 Å². The minimum Gasteiger partial charge on any atom is -0.338 e. The van der Waals surface area contributed by atoms with Gasteiger partial charge in [0.1, 0.15) is 0 Å². The highest BCUT2D eigenvalue weighted by Gasteiger charge is 2.15. The first-order valence-corrected chi connectivity index (χ1v) is 7.65. The molecule has 0 aromatic carbocycles. The van der Waals surface area contributed by atoms with Crippen molar-refractivity contribution in [3.8, 4) is 10.7 Å². The predicted molar refractivity (Wildman–Crippen MR) is 78.8 cm³/mol. The summed E-state index contributed by atoms with van der Waals surface area (Å²) in [6.07, 6.45) is 2.21. The molecule has 1 aliphatic heterocycles. The zero-order chi connectivity index (χ0) is 13.1. The summed E-state index contributed by atoms with van der Waals surface area (Å²) in [5.41, 5.74) is 0. The molecule has 1 saturated heterocycles. The SMILES string of the molecule is CCc1ccc(-c2nc(N3CCCNCC3)n[nH]2)s1. The van der Waals surface area contributed by atoms with Crippen molar-refractivity contribution in [3.63, 3.8) is 0 Å². The Labute approximate surface area is 117 Å². The number of hydrogen-bond acceptors (Lipinski definition) is 5. The minimum absolute atomic E-state index is 0.824. The van der Waals surface area contributed by atoms with E-state index in [0.717, 1.165) is 50.8 Å². The molecular formula is C13H19N5S. The molecule has 1 aliphatic rings. The molecule has 102 valence electrons. The summed E-state index contributed by atoms with van der Waals surface area (Å²) >= 11 is 1.79. The van der Waals surface area contributed by atoms with E-state index in [2.05, 4.69) is 44.5 Å². The number of aryl methyl sites for hydroxylation is 1. The minimum atomic E-state index is 0.824. The lowest BCUT2D eigenvalue weighted by molar-refractivity contribution is 0.724. The third kappa shape index (κ3) is 2.79. The van der Waals surface area contributed by atoms with Crippen molar-refractivity contribution in [2.45, 2.75) is 19.8 Å². The van der Waals surface area contributed by atoms with Crippen molar-refractivity contribution in [2.75, 3.05) is 31.1 Å². The molecule has 0 aliphatic carbocycles. The quantitative estimate of drug-likeness (QED) is 0.899. The summed E-state index contributed by atoms with van der Waals surface area (Å²) in [6, 6.07) is 4.29. The molecule has 0 saturated carbocycles. The van der Waals surface area contributed by atoms with Gasteiger partial charge in [-0.2, -0.15) is 4.98 Å². The zero-order valence-corrected chi connectivity index (χ0v) is 12.0. The van der Waals surface area contributed by atoms with E-state index in [1.54, 1.807) is 11.3 Å². The highest BCUT2D eigenvalue weighted by molar-refractivity contribution is 7.15. The first-order valence-electron chi connectivity index (χ1n) is 6.84. The maximum Gasteiger partial charge on any atom is 0.245 e. The van der Waals surface area contributed by atoms with Crippen LogP contribution in [0.15, 0.2) is 12.1 Å². The van der Waals surface area contributed by atoms with Gasteiger partial charge < -0.3 is 10.2 Å². The van der Waals surface area contributed by atoms with Crippen LogP contribution < -0.4 is 10.2 Å². The third-order valence-electron chi connectivity index (χ3n) is 3.34. The Hall–Kier alpha value is -1.40. The number of rotatable bonds is 3. The Bertz CT molecular complexity index is 525. The highest BCUT2D eigenvalue weighted by atomic mass is 32.1. The fourth-order valence-corrected chi connectivity index (χ4v) is 3.13. The van der Waals surface area contributed by atoms with Gasteiger partial charge in [0.2, 0.25) is 5.95 Å². The number of anilines is 1. The Kier molecular flexibility index (Phi) is 3.79. The lowest BCUT2D eigenvalue weighted by atomic mass is 10.3. The van der Waals surface area contributed by atoms with Crippen LogP contribution >= 0.6 is 11.3 Å². The van der Waals surface area contributed by atoms with Crippen LogP contribution in [-0.2, 0) is 6.42 Å². The van der Waals surface area contributed by atoms with Crippen molar-refractivity contribution in [2.24, 2.45) is 0 Å². The van der Waals surface area contributed by atoms with Crippen molar-refractivity contribution in [1.29, 1.82) is 0 Å². The molecule has 5 nitrogen and oxygen atoms in total. The molecule has 0 unspecified atom stereocenters. The van der Waals surface area contributed by atoms with E-state index < -0.39 is 0 Å². The molecule has 0 amide bonds. The Morgan fingerprint density at radius 1 is 1.32 bits per heavy atom. The molecular weight excluding hydrogens is 258 g/mol. The summed E-state index contributed by atoms with van der Waals surface area (Å²) in [5, 5.41) is 10.8. The number of aromatic amines is 1. The second-order valence-corrected chi connectivity index (χ2v) is 5.86. The van der Waals surface area contributed by atoms with Gasteiger partial charge in [0.25, 0.3) is 0 Å². The van der Waals surface area contributed by atoms with Gasteiger partial charge in [0, 0.05) is 24.5 Å². The lowest BCUT2D eigenvalue weighted by Crippen LogP contribution is -2.28. The smallest absolute Gasteiger partial charge is 0.245 e. The van der Waals surface area contributed by atoms with Crippen LogP contribution in [0.5, 0.6) is 0 Å². The monoisotopic (exact) mass is 277 g/mol. The van der Waals surface area contributed by atoms with Crippen LogP contribution in [0.1, 0.15) is 18.2 Å². The first kappa shape index (κ1) is 12.6. The molecule has 1 fully saturated rings. The van der Waals surface area contributed by atoms with Gasteiger partial charge in [-0.1, -0.05) is 6.92 Å². The van der Waals surface area contributed by atoms with E-state index in [4.69, 9.17) is 0 Å². The Morgan fingerprint density at radius 2 is 2.26 bits per heavy atom. The van der Waals surface area contributed by atoms with Crippen LogP contribution in [0.4, 0.5) is 5.95 Å². The molecule has 0 atom stereocenters. The van der Waals surface area contributed by atoms with Gasteiger partial charge in [0.15, 0.2) is 5.82 Å². The first-order chi connectivity index (χ1) is 9.36.